The Labute approximate surface area is 108 Å². The molecule has 17 heavy (non-hydrogen) atoms. The van der Waals surface area contributed by atoms with Crippen LogP contribution >= 0.6 is 23.2 Å². The summed E-state index contributed by atoms with van der Waals surface area (Å²) in [7, 11) is 0. The second kappa shape index (κ2) is 6.42. The number of halogens is 2. The summed E-state index contributed by atoms with van der Waals surface area (Å²) in [5.41, 5.74) is 0.287. The molecule has 0 aromatic carbocycles. The highest BCUT2D eigenvalue weighted by atomic mass is 35.5. The van der Waals surface area contributed by atoms with Crippen molar-refractivity contribution in [1.82, 2.24) is 10.3 Å². The van der Waals surface area contributed by atoms with Crippen molar-refractivity contribution in [1.29, 1.82) is 0 Å². The van der Waals surface area contributed by atoms with Gasteiger partial charge < -0.3 is 10.4 Å². The number of nitrogens with one attached hydrogen (secondary N) is 1. The second-order valence-corrected chi connectivity index (χ2v) is 4.02. The molecule has 1 heterocycles. The van der Waals surface area contributed by atoms with Crippen molar-refractivity contribution in [3.8, 4) is 0 Å². The number of hydrogen-bond acceptors (Lipinski definition) is 3. The van der Waals surface area contributed by atoms with Crippen molar-refractivity contribution in [3.05, 3.63) is 28.0 Å². The van der Waals surface area contributed by atoms with Crippen LogP contribution in [-0.4, -0.2) is 28.5 Å². The third kappa shape index (κ3) is 4.58. The van der Waals surface area contributed by atoms with E-state index in [1.807, 2.05) is 0 Å². The van der Waals surface area contributed by atoms with E-state index in [4.69, 9.17) is 28.3 Å². The molecule has 1 amide bonds. The van der Waals surface area contributed by atoms with Gasteiger partial charge in [-0.2, -0.15) is 0 Å². The fourth-order valence-electron chi connectivity index (χ4n) is 1.09. The zero-order valence-electron chi connectivity index (χ0n) is 8.74. The molecule has 2 N–H and O–H groups in total. The fourth-order valence-corrected chi connectivity index (χ4v) is 1.36. The van der Waals surface area contributed by atoms with Gasteiger partial charge in [-0.1, -0.05) is 23.2 Å². The van der Waals surface area contributed by atoms with Crippen LogP contribution in [0, 0.1) is 0 Å². The monoisotopic (exact) mass is 276 g/mol. The van der Waals surface area contributed by atoms with Gasteiger partial charge in [-0.15, -0.1) is 0 Å². The van der Waals surface area contributed by atoms with Gasteiger partial charge in [0.15, 0.2) is 0 Å². The molecule has 0 saturated heterocycles. The molecular weight excluding hydrogens is 267 g/mol. The molecule has 0 radical (unpaired) electrons. The Kier molecular flexibility index (Phi) is 5.18. The number of carboxylic acids is 1. The molecule has 1 aromatic heterocycles. The summed E-state index contributed by atoms with van der Waals surface area (Å²) in [6.07, 6.45) is 1.69. The van der Waals surface area contributed by atoms with Crippen LogP contribution in [0.5, 0.6) is 0 Å². The predicted molar refractivity (Wildman–Crippen MR) is 63.5 cm³/mol. The van der Waals surface area contributed by atoms with Crippen molar-refractivity contribution < 1.29 is 14.7 Å². The highest BCUT2D eigenvalue weighted by Crippen LogP contribution is 2.19. The van der Waals surface area contributed by atoms with E-state index >= 15 is 0 Å². The zero-order chi connectivity index (χ0) is 12.8. The quantitative estimate of drug-likeness (QED) is 0.637. The minimum absolute atomic E-state index is 0.0138. The number of pyridine rings is 1. The summed E-state index contributed by atoms with van der Waals surface area (Å²) in [4.78, 5) is 25.5. The molecule has 0 spiro atoms. The van der Waals surface area contributed by atoms with Crippen molar-refractivity contribution in [2.75, 3.05) is 6.54 Å². The molecule has 1 aromatic rings. The molecule has 1 rings (SSSR count). The molecule has 92 valence electrons. The zero-order valence-corrected chi connectivity index (χ0v) is 10.3. The summed E-state index contributed by atoms with van der Waals surface area (Å²) in [6, 6.07) is 1.41. The number of carbonyl (C=O) groups is 2. The molecule has 0 bridgehead atoms. The minimum atomic E-state index is -0.893. The Morgan fingerprint density at radius 2 is 2.12 bits per heavy atom. The smallest absolute Gasteiger partial charge is 0.303 e. The van der Waals surface area contributed by atoms with Gasteiger partial charge in [-0.05, 0) is 12.5 Å². The number of nitrogens with zero attached hydrogens (tertiary/aromatic N) is 1. The lowest BCUT2D eigenvalue weighted by molar-refractivity contribution is -0.137. The van der Waals surface area contributed by atoms with Gasteiger partial charge in [0.25, 0.3) is 5.91 Å². The van der Waals surface area contributed by atoms with E-state index in [1.165, 1.54) is 12.3 Å². The van der Waals surface area contributed by atoms with Crippen LogP contribution in [0.1, 0.15) is 23.2 Å². The standard InChI is InChI=1S/C10H10Cl2N2O3/c11-7-4-6(5-14-9(7)12)10(17)13-3-1-2-8(15)16/h4-5H,1-3H2,(H,13,17)(H,15,16). The van der Waals surface area contributed by atoms with Crippen LogP contribution in [0.2, 0.25) is 10.2 Å². The van der Waals surface area contributed by atoms with Gasteiger partial charge in [0, 0.05) is 19.2 Å². The maximum atomic E-state index is 11.6. The maximum absolute atomic E-state index is 11.6. The van der Waals surface area contributed by atoms with Crippen LogP contribution in [0.25, 0.3) is 0 Å². The Hall–Kier alpha value is -1.33. The lowest BCUT2D eigenvalue weighted by Crippen LogP contribution is -2.25. The van der Waals surface area contributed by atoms with Crippen LogP contribution in [-0.2, 0) is 4.79 Å². The molecule has 0 atom stereocenters. The van der Waals surface area contributed by atoms with E-state index in [0.29, 0.717) is 6.42 Å². The minimum Gasteiger partial charge on any atom is -0.481 e. The molecule has 0 aliphatic heterocycles. The Bertz CT molecular complexity index is 438. The van der Waals surface area contributed by atoms with Crippen LogP contribution in [0.3, 0.4) is 0 Å². The highest BCUT2D eigenvalue weighted by molar-refractivity contribution is 6.41. The van der Waals surface area contributed by atoms with Crippen LogP contribution in [0.4, 0.5) is 0 Å². The first-order valence-corrected chi connectivity index (χ1v) is 5.57. The lowest BCUT2D eigenvalue weighted by Gasteiger charge is -2.04. The summed E-state index contributed by atoms with van der Waals surface area (Å²) < 4.78 is 0. The van der Waals surface area contributed by atoms with E-state index in [2.05, 4.69) is 10.3 Å². The van der Waals surface area contributed by atoms with Crippen molar-refractivity contribution in [2.45, 2.75) is 12.8 Å². The van der Waals surface area contributed by atoms with Gasteiger partial charge in [0.2, 0.25) is 0 Å². The van der Waals surface area contributed by atoms with Gasteiger partial charge in [-0.3, -0.25) is 9.59 Å². The average Bonchev–Trinajstić information content (AvgIpc) is 2.27. The summed E-state index contributed by atoms with van der Waals surface area (Å²) >= 11 is 11.3. The fraction of sp³-hybridized carbons (Fsp3) is 0.300. The lowest BCUT2D eigenvalue weighted by atomic mass is 10.2. The second-order valence-electron chi connectivity index (χ2n) is 3.25. The number of aliphatic carboxylic acids is 1. The van der Waals surface area contributed by atoms with E-state index < -0.39 is 5.97 Å². The summed E-state index contributed by atoms with van der Waals surface area (Å²) in [5, 5.41) is 11.3. The molecule has 7 heteroatoms. The third-order valence-corrected chi connectivity index (χ3v) is 2.60. The summed E-state index contributed by atoms with van der Waals surface area (Å²) in [6.45, 7) is 0.283. The van der Waals surface area contributed by atoms with Gasteiger partial charge in [-0.25, -0.2) is 4.98 Å². The maximum Gasteiger partial charge on any atom is 0.303 e. The topological polar surface area (TPSA) is 79.3 Å². The normalized spacial score (nSPS) is 10.0. The number of carboxylic acid groups (broad SMARTS) is 1. The van der Waals surface area contributed by atoms with Gasteiger partial charge >= 0.3 is 5.97 Å². The Morgan fingerprint density at radius 3 is 2.71 bits per heavy atom. The molecule has 0 aliphatic rings. The number of amides is 1. The molecule has 0 saturated carbocycles. The SMILES string of the molecule is O=C(O)CCCNC(=O)c1cnc(Cl)c(Cl)c1. The van der Waals surface area contributed by atoms with E-state index in [-0.39, 0.29) is 34.6 Å². The highest BCUT2D eigenvalue weighted by Gasteiger charge is 2.08. The van der Waals surface area contributed by atoms with Gasteiger partial charge in [0.05, 0.1) is 10.6 Å². The number of rotatable bonds is 5. The molecule has 0 aliphatic carbocycles. The number of hydrogen-bond donors (Lipinski definition) is 2. The third-order valence-electron chi connectivity index (χ3n) is 1.91. The van der Waals surface area contributed by atoms with Crippen molar-refractivity contribution in [2.24, 2.45) is 0 Å². The number of aromatic nitrogens is 1. The predicted octanol–water partition coefficient (Wildman–Crippen LogP) is 1.98. The first kappa shape index (κ1) is 13.7. The Balaban J connectivity index is 2.47. The Morgan fingerprint density at radius 1 is 1.41 bits per heavy atom. The van der Waals surface area contributed by atoms with E-state index in [1.54, 1.807) is 0 Å². The van der Waals surface area contributed by atoms with E-state index in [0.717, 1.165) is 0 Å². The number of carbonyl (C=O) groups excluding carboxylic acids is 1. The van der Waals surface area contributed by atoms with Crippen molar-refractivity contribution >= 4 is 35.1 Å². The molecular formula is C10H10Cl2N2O3. The first-order chi connectivity index (χ1) is 8.00. The molecule has 0 unspecified atom stereocenters. The van der Waals surface area contributed by atoms with Gasteiger partial charge in [0.1, 0.15) is 5.15 Å². The first-order valence-electron chi connectivity index (χ1n) is 4.81. The van der Waals surface area contributed by atoms with Crippen molar-refractivity contribution in [3.63, 3.8) is 0 Å². The van der Waals surface area contributed by atoms with Crippen LogP contribution < -0.4 is 5.32 Å². The largest absolute Gasteiger partial charge is 0.481 e. The van der Waals surface area contributed by atoms with E-state index in [9.17, 15) is 9.59 Å². The average molecular weight is 277 g/mol. The van der Waals surface area contributed by atoms with Crippen LogP contribution in [0.15, 0.2) is 12.3 Å². The molecule has 5 nitrogen and oxygen atoms in total. The summed E-state index contributed by atoms with van der Waals surface area (Å²) in [5.74, 6) is -1.25. The molecule has 0 fully saturated rings.